The second-order valence-corrected chi connectivity index (χ2v) is 4.70. The van der Waals surface area contributed by atoms with Crippen molar-refractivity contribution in [2.24, 2.45) is 0 Å². The highest BCUT2D eigenvalue weighted by molar-refractivity contribution is 7.10. The van der Waals surface area contributed by atoms with E-state index in [2.05, 4.69) is 33.5 Å². The Bertz CT molecular complexity index is 444. The Morgan fingerprint density at radius 3 is 2.62 bits per heavy atom. The minimum Gasteiger partial charge on any atom is -0.366 e. The van der Waals surface area contributed by atoms with Crippen molar-refractivity contribution in [3.05, 3.63) is 40.4 Å². The fourth-order valence-electron chi connectivity index (χ4n) is 1.50. The molecule has 2 rings (SSSR count). The number of hydrogen-bond acceptors (Lipinski definition) is 4. The molecular formula is C11H12ClN3S. The molecular weight excluding hydrogens is 242 g/mol. The fourth-order valence-corrected chi connectivity index (χ4v) is 2.11. The van der Waals surface area contributed by atoms with Gasteiger partial charge in [0.05, 0.1) is 6.54 Å². The average molecular weight is 254 g/mol. The van der Waals surface area contributed by atoms with Crippen LogP contribution in [-0.4, -0.2) is 16.1 Å². The van der Waals surface area contributed by atoms with E-state index in [4.69, 9.17) is 11.6 Å². The van der Waals surface area contributed by atoms with Gasteiger partial charge in [-0.15, -0.1) is 5.10 Å². The Hall–Kier alpha value is -1.13. The summed E-state index contributed by atoms with van der Waals surface area (Å²) in [4.78, 5) is 2.21. The van der Waals surface area contributed by atoms with Gasteiger partial charge in [-0.2, -0.15) is 0 Å². The molecule has 0 aliphatic carbocycles. The molecule has 16 heavy (non-hydrogen) atoms. The third-order valence-corrected chi connectivity index (χ3v) is 3.34. The van der Waals surface area contributed by atoms with Crippen molar-refractivity contribution in [1.29, 1.82) is 0 Å². The maximum atomic E-state index is 6.00. The third kappa shape index (κ3) is 2.51. The monoisotopic (exact) mass is 253 g/mol. The first-order chi connectivity index (χ1) is 7.81. The van der Waals surface area contributed by atoms with Crippen molar-refractivity contribution in [1.82, 2.24) is 9.59 Å². The zero-order chi connectivity index (χ0) is 11.4. The molecule has 0 spiro atoms. The topological polar surface area (TPSA) is 29.0 Å². The molecule has 1 aromatic heterocycles. The van der Waals surface area contributed by atoms with Gasteiger partial charge in [0.1, 0.15) is 10.0 Å². The summed E-state index contributed by atoms with van der Waals surface area (Å²) in [5, 5.41) is 4.02. The molecule has 0 unspecified atom stereocenters. The lowest BCUT2D eigenvalue weighted by Crippen LogP contribution is -2.22. The number of anilines is 1. The molecule has 0 radical (unpaired) electrons. The van der Waals surface area contributed by atoms with Crippen molar-refractivity contribution in [2.45, 2.75) is 13.5 Å². The summed E-state index contributed by atoms with van der Waals surface area (Å²) < 4.78 is 4.51. The average Bonchev–Trinajstić information content (AvgIpc) is 2.73. The number of benzene rings is 1. The van der Waals surface area contributed by atoms with E-state index >= 15 is 0 Å². The smallest absolute Gasteiger partial charge is 0.139 e. The van der Waals surface area contributed by atoms with E-state index in [9.17, 15) is 0 Å². The van der Waals surface area contributed by atoms with Crippen molar-refractivity contribution in [3.8, 4) is 0 Å². The summed E-state index contributed by atoms with van der Waals surface area (Å²) >= 11 is 7.22. The number of hydrogen-bond donors (Lipinski definition) is 0. The first-order valence-electron chi connectivity index (χ1n) is 5.08. The Kier molecular flexibility index (Phi) is 3.74. The molecule has 0 N–H and O–H groups in total. The Morgan fingerprint density at radius 2 is 2.06 bits per heavy atom. The standard InChI is InChI=1S/C11H12ClN3S/c1-2-15(9-6-4-3-5-7-9)8-10-11(12)16-14-13-10/h3-7H,2,8H2,1H3. The molecule has 0 aliphatic rings. The third-order valence-electron chi connectivity index (χ3n) is 2.35. The second kappa shape index (κ2) is 5.27. The number of para-hydroxylation sites is 1. The molecule has 0 saturated carbocycles. The Labute approximate surface area is 104 Å². The quantitative estimate of drug-likeness (QED) is 0.838. The van der Waals surface area contributed by atoms with Gasteiger partial charge in [-0.1, -0.05) is 34.3 Å². The highest BCUT2D eigenvalue weighted by Gasteiger charge is 2.10. The van der Waals surface area contributed by atoms with E-state index in [-0.39, 0.29) is 0 Å². The predicted molar refractivity (Wildman–Crippen MR) is 68.1 cm³/mol. The van der Waals surface area contributed by atoms with E-state index in [1.54, 1.807) is 0 Å². The molecule has 0 saturated heterocycles. The number of halogens is 1. The van der Waals surface area contributed by atoms with E-state index in [0.717, 1.165) is 12.2 Å². The van der Waals surface area contributed by atoms with Crippen molar-refractivity contribution in [3.63, 3.8) is 0 Å². The number of rotatable bonds is 4. The maximum Gasteiger partial charge on any atom is 0.139 e. The summed E-state index contributed by atoms with van der Waals surface area (Å²) in [7, 11) is 0. The molecule has 0 amide bonds. The van der Waals surface area contributed by atoms with Crippen LogP contribution in [0, 0.1) is 0 Å². The lowest BCUT2D eigenvalue weighted by molar-refractivity contribution is 0.804. The van der Waals surface area contributed by atoms with E-state index in [0.29, 0.717) is 10.9 Å². The van der Waals surface area contributed by atoms with Crippen LogP contribution in [0.15, 0.2) is 30.3 Å². The molecule has 0 fully saturated rings. The zero-order valence-corrected chi connectivity index (χ0v) is 10.5. The molecule has 84 valence electrons. The fraction of sp³-hybridized carbons (Fsp3) is 0.273. The summed E-state index contributed by atoms with van der Waals surface area (Å²) in [5.41, 5.74) is 2.02. The molecule has 1 aromatic carbocycles. The van der Waals surface area contributed by atoms with Crippen molar-refractivity contribution < 1.29 is 0 Å². The van der Waals surface area contributed by atoms with Crippen LogP contribution in [0.1, 0.15) is 12.6 Å². The lowest BCUT2D eigenvalue weighted by Gasteiger charge is -2.21. The summed E-state index contributed by atoms with van der Waals surface area (Å²) in [5.74, 6) is 0. The van der Waals surface area contributed by atoms with Crippen LogP contribution >= 0.6 is 23.1 Å². The largest absolute Gasteiger partial charge is 0.366 e. The van der Waals surface area contributed by atoms with Crippen LogP contribution in [0.2, 0.25) is 4.34 Å². The number of nitrogens with zero attached hydrogens (tertiary/aromatic N) is 3. The van der Waals surface area contributed by atoms with Crippen molar-refractivity contribution >= 4 is 28.8 Å². The molecule has 0 bridgehead atoms. The normalized spacial score (nSPS) is 10.4. The zero-order valence-electron chi connectivity index (χ0n) is 8.93. The summed E-state index contributed by atoms with van der Waals surface area (Å²) in [6.07, 6.45) is 0. The van der Waals surface area contributed by atoms with Gasteiger partial charge in [0.15, 0.2) is 0 Å². The second-order valence-electron chi connectivity index (χ2n) is 3.34. The molecule has 0 atom stereocenters. The Morgan fingerprint density at radius 1 is 1.31 bits per heavy atom. The van der Waals surface area contributed by atoms with Gasteiger partial charge in [0, 0.05) is 23.8 Å². The van der Waals surface area contributed by atoms with Gasteiger partial charge in [-0.3, -0.25) is 0 Å². The highest BCUT2D eigenvalue weighted by Crippen LogP contribution is 2.22. The van der Waals surface area contributed by atoms with Crippen LogP contribution in [0.3, 0.4) is 0 Å². The first-order valence-corrected chi connectivity index (χ1v) is 6.23. The maximum absolute atomic E-state index is 6.00. The summed E-state index contributed by atoms with van der Waals surface area (Å²) in [6, 6.07) is 10.2. The van der Waals surface area contributed by atoms with Gasteiger partial charge in [-0.25, -0.2) is 0 Å². The van der Waals surface area contributed by atoms with Gasteiger partial charge in [-0.05, 0) is 19.1 Å². The summed E-state index contributed by atoms with van der Waals surface area (Å²) in [6.45, 7) is 3.73. The van der Waals surface area contributed by atoms with E-state index in [1.807, 2.05) is 18.2 Å². The van der Waals surface area contributed by atoms with Gasteiger partial charge in [0.25, 0.3) is 0 Å². The van der Waals surface area contributed by atoms with Crippen LogP contribution in [0.5, 0.6) is 0 Å². The van der Waals surface area contributed by atoms with Crippen LogP contribution in [0.4, 0.5) is 5.69 Å². The lowest BCUT2D eigenvalue weighted by atomic mass is 10.3. The molecule has 2 aromatic rings. The predicted octanol–water partition coefficient (Wildman–Crippen LogP) is 3.22. The Balaban J connectivity index is 2.16. The number of aromatic nitrogens is 2. The minimum absolute atomic E-state index is 0.675. The van der Waals surface area contributed by atoms with Crippen LogP contribution in [-0.2, 0) is 6.54 Å². The van der Waals surface area contributed by atoms with E-state index < -0.39 is 0 Å². The van der Waals surface area contributed by atoms with Gasteiger partial charge < -0.3 is 4.90 Å². The molecule has 1 heterocycles. The van der Waals surface area contributed by atoms with E-state index in [1.165, 1.54) is 17.2 Å². The van der Waals surface area contributed by atoms with Gasteiger partial charge in [0.2, 0.25) is 0 Å². The van der Waals surface area contributed by atoms with Gasteiger partial charge >= 0.3 is 0 Å². The van der Waals surface area contributed by atoms with Crippen LogP contribution in [0.25, 0.3) is 0 Å². The highest BCUT2D eigenvalue weighted by atomic mass is 35.5. The molecule has 5 heteroatoms. The minimum atomic E-state index is 0.675. The first kappa shape index (κ1) is 11.4. The SMILES string of the molecule is CCN(Cc1nnsc1Cl)c1ccccc1. The van der Waals surface area contributed by atoms with Crippen molar-refractivity contribution in [2.75, 3.05) is 11.4 Å². The molecule has 3 nitrogen and oxygen atoms in total. The molecule has 0 aliphatic heterocycles. The van der Waals surface area contributed by atoms with Crippen LogP contribution < -0.4 is 4.90 Å².